The highest BCUT2D eigenvalue weighted by molar-refractivity contribution is 5.89. The van der Waals surface area contributed by atoms with Crippen molar-refractivity contribution in [2.45, 2.75) is 64.0 Å². The molecule has 5 atom stereocenters. The molecule has 1 aromatic rings. The summed E-state index contributed by atoms with van der Waals surface area (Å²) in [6.45, 7) is 4.99. The van der Waals surface area contributed by atoms with Gasteiger partial charge in [-0.3, -0.25) is 4.79 Å². The van der Waals surface area contributed by atoms with Crippen LogP contribution in [0.25, 0.3) is 0 Å². The lowest BCUT2D eigenvalue weighted by Gasteiger charge is -2.39. The summed E-state index contributed by atoms with van der Waals surface area (Å²) in [5, 5.41) is 0. The number of ether oxygens (including phenoxy) is 2. The van der Waals surface area contributed by atoms with Crippen LogP contribution in [0.2, 0.25) is 0 Å². The Hall–Kier alpha value is -1.78. The summed E-state index contributed by atoms with van der Waals surface area (Å²) in [4.78, 5) is 24.6. The van der Waals surface area contributed by atoms with Crippen molar-refractivity contribution < 1.29 is 19.1 Å². The van der Waals surface area contributed by atoms with Gasteiger partial charge in [0.2, 0.25) is 0 Å². The number of aromatic nitrogens is 1. The molecule has 1 aliphatic carbocycles. The first-order valence-corrected chi connectivity index (χ1v) is 9.10. The van der Waals surface area contributed by atoms with Crippen LogP contribution in [0.3, 0.4) is 0 Å². The molecule has 0 saturated carbocycles. The standard InChI is InChI=1S/C19H25NO4/c1-4-11-12-7-5-6-8-20-14(19(22)23-3)9-13(16(12)20)15-10(2)18(21)24-17(11)15/h9-12,15,17H,4-8H2,1-3H3/t10-,11-,12-,15-,17+/m1/s1. The summed E-state index contributed by atoms with van der Waals surface area (Å²) in [7, 11) is 1.43. The number of carbonyl (C=O) groups excluding carboxylic acids is 2. The zero-order chi connectivity index (χ0) is 17.0. The molecule has 4 rings (SSSR count). The summed E-state index contributed by atoms with van der Waals surface area (Å²) >= 11 is 0. The minimum absolute atomic E-state index is 0.0468. The Bertz CT molecular complexity index is 692. The first-order chi connectivity index (χ1) is 11.6. The maximum Gasteiger partial charge on any atom is 0.354 e. The third kappa shape index (κ3) is 1.99. The van der Waals surface area contributed by atoms with Crippen LogP contribution in [0.15, 0.2) is 6.07 Å². The highest BCUT2D eigenvalue weighted by atomic mass is 16.6. The molecule has 2 aliphatic heterocycles. The summed E-state index contributed by atoms with van der Waals surface area (Å²) in [5.74, 6) is 0.244. The van der Waals surface area contributed by atoms with E-state index >= 15 is 0 Å². The molecule has 0 amide bonds. The third-order valence-corrected chi connectivity index (χ3v) is 6.35. The lowest BCUT2D eigenvalue weighted by Crippen LogP contribution is -2.36. The second kappa shape index (κ2) is 5.64. The molecule has 1 saturated heterocycles. The number of hydrogen-bond acceptors (Lipinski definition) is 4. The van der Waals surface area contributed by atoms with E-state index in [0.29, 0.717) is 17.5 Å². The Kier molecular flexibility index (Phi) is 3.70. The quantitative estimate of drug-likeness (QED) is 0.781. The van der Waals surface area contributed by atoms with Crippen LogP contribution in [-0.2, 0) is 20.8 Å². The number of carbonyl (C=O) groups is 2. The largest absolute Gasteiger partial charge is 0.464 e. The van der Waals surface area contributed by atoms with E-state index in [2.05, 4.69) is 11.5 Å². The molecular formula is C19H25NO4. The lowest BCUT2D eigenvalue weighted by molar-refractivity contribution is -0.146. The van der Waals surface area contributed by atoms with Gasteiger partial charge in [0.05, 0.1) is 13.0 Å². The van der Waals surface area contributed by atoms with Gasteiger partial charge < -0.3 is 14.0 Å². The van der Waals surface area contributed by atoms with Gasteiger partial charge >= 0.3 is 11.9 Å². The first kappa shape index (κ1) is 15.7. The predicted molar refractivity (Wildman–Crippen MR) is 87.9 cm³/mol. The molecule has 1 fully saturated rings. The highest BCUT2D eigenvalue weighted by Crippen LogP contribution is 2.54. The number of esters is 2. The summed E-state index contributed by atoms with van der Waals surface area (Å²) in [6, 6.07) is 1.97. The molecule has 24 heavy (non-hydrogen) atoms. The van der Waals surface area contributed by atoms with Crippen molar-refractivity contribution in [3.63, 3.8) is 0 Å². The van der Waals surface area contributed by atoms with Crippen molar-refractivity contribution in [1.29, 1.82) is 0 Å². The zero-order valence-electron chi connectivity index (χ0n) is 14.6. The Labute approximate surface area is 142 Å². The third-order valence-electron chi connectivity index (χ3n) is 6.35. The summed E-state index contributed by atoms with van der Waals surface area (Å²) in [5.41, 5.74) is 3.05. The van der Waals surface area contributed by atoms with Gasteiger partial charge in [-0.1, -0.05) is 20.3 Å². The second-order valence-electron chi connectivity index (χ2n) is 7.40. The minimum atomic E-state index is -0.285. The normalized spacial score (nSPS) is 34.1. The van der Waals surface area contributed by atoms with E-state index in [9.17, 15) is 9.59 Å². The van der Waals surface area contributed by atoms with Crippen molar-refractivity contribution in [3.8, 4) is 0 Å². The molecule has 0 radical (unpaired) electrons. The van der Waals surface area contributed by atoms with Gasteiger partial charge in [0.25, 0.3) is 0 Å². The van der Waals surface area contributed by atoms with E-state index < -0.39 is 0 Å². The van der Waals surface area contributed by atoms with Crippen LogP contribution < -0.4 is 0 Å². The van der Waals surface area contributed by atoms with Crippen LogP contribution >= 0.6 is 0 Å². The second-order valence-corrected chi connectivity index (χ2v) is 7.40. The number of hydrogen-bond donors (Lipinski definition) is 0. The average molecular weight is 331 g/mol. The van der Waals surface area contributed by atoms with Gasteiger partial charge in [0.1, 0.15) is 11.8 Å². The van der Waals surface area contributed by atoms with E-state index in [1.54, 1.807) is 0 Å². The molecule has 3 heterocycles. The van der Waals surface area contributed by atoms with Gasteiger partial charge in [-0.05, 0) is 30.9 Å². The van der Waals surface area contributed by atoms with Crippen LogP contribution in [-0.4, -0.2) is 29.7 Å². The molecule has 130 valence electrons. The van der Waals surface area contributed by atoms with E-state index in [1.165, 1.54) is 12.8 Å². The van der Waals surface area contributed by atoms with Gasteiger partial charge in [-0.15, -0.1) is 0 Å². The molecule has 0 unspecified atom stereocenters. The number of fused-ring (bicyclic) bond motifs is 2. The fourth-order valence-electron chi connectivity index (χ4n) is 5.26. The van der Waals surface area contributed by atoms with Crippen LogP contribution in [0.4, 0.5) is 0 Å². The molecule has 3 aliphatic rings. The predicted octanol–water partition coefficient (Wildman–Crippen LogP) is 3.23. The van der Waals surface area contributed by atoms with E-state index in [0.717, 1.165) is 37.8 Å². The topological polar surface area (TPSA) is 57.5 Å². The van der Waals surface area contributed by atoms with E-state index in [1.807, 2.05) is 13.0 Å². The van der Waals surface area contributed by atoms with Crippen LogP contribution in [0, 0.1) is 11.8 Å². The Morgan fingerprint density at radius 3 is 2.92 bits per heavy atom. The first-order valence-electron chi connectivity index (χ1n) is 9.10. The summed E-state index contributed by atoms with van der Waals surface area (Å²) < 4.78 is 13.0. The number of rotatable bonds is 2. The lowest BCUT2D eigenvalue weighted by atomic mass is 9.66. The van der Waals surface area contributed by atoms with Crippen molar-refractivity contribution in [2.75, 3.05) is 7.11 Å². The Morgan fingerprint density at radius 1 is 1.42 bits per heavy atom. The molecule has 5 nitrogen and oxygen atoms in total. The SMILES string of the molecule is CC[C@H]1[C@@H]2OC(=O)[C@H](C)[C@@H]2c2cc(C(=O)OC)n3c2[C@@H]1CCCC3. The van der Waals surface area contributed by atoms with Gasteiger partial charge in [-0.25, -0.2) is 4.79 Å². The smallest absolute Gasteiger partial charge is 0.354 e. The summed E-state index contributed by atoms with van der Waals surface area (Å²) in [6.07, 6.45) is 4.26. The number of nitrogens with zero attached hydrogens (tertiary/aromatic N) is 1. The van der Waals surface area contributed by atoms with Crippen molar-refractivity contribution >= 4 is 11.9 Å². The average Bonchev–Trinajstić information content (AvgIpc) is 2.99. The van der Waals surface area contributed by atoms with Crippen LogP contribution in [0.5, 0.6) is 0 Å². The maximum absolute atomic E-state index is 12.3. The van der Waals surface area contributed by atoms with Crippen molar-refractivity contribution in [3.05, 3.63) is 23.0 Å². The van der Waals surface area contributed by atoms with Crippen LogP contribution in [0.1, 0.15) is 73.1 Å². The molecule has 5 heteroatoms. The Morgan fingerprint density at radius 2 is 2.21 bits per heavy atom. The van der Waals surface area contributed by atoms with Crippen molar-refractivity contribution in [2.24, 2.45) is 11.8 Å². The van der Waals surface area contributed by atoms with Gasteiger partial charge in [0.15, 0.2) is 0 Å². The Balaban J connectivity index is 1.93. The molecule has 0 aromatic carbocycles. The molecule has 0 bridgehead atoms. The highest BCUT2D eigenvalue weighted by Gasteiger charge is 2.54. The number of methoxy groups -OCH3 is 1. The fraction of sp³-hybridized carbons (Fsp3) is 0.684. The van der Waals surface area contributed by atoms with Gasteiger partial charge in [0, 0.05) is 30.0 Å². The molecule has 0 spiro atoms. The van der Waals surface area contributed by atoms with Gasteiger partial charge in [-0.2, -0.15) is 0 Å². The monoisotopic (exact) mass is 331 g/mol. The van der Waals surface area contributed by atoms with Crippen molar-refractivity contribution in [1.82, 2.24) is 4.57 Å². The van der Waals surface area contributed by atoms with E-state index in [4.69, 9.17) is 9.47 Å². The zero-order valence-corrected chi connectivity index (χ0v) is 14.6. The minimum Gasteiger partial charge on any atom is -0.464 e. The molecular weight excluding hydrogens is 306 g/mol. The maximum atomic E-state index is 12.3. The fourth-order valence-corrected chi connectivity index (χ4v) is 5.26. The molecule has 1 aromatic heterocycles. The molecule has 0 N–H and O–H groups in total. The van der Waals surface area contributed by atoms with E-state index in [-0.39, 0.29) is 29.9 Å².